The first-order chi connectivity index (χ1) is 16.5. The van der Waals surface area contributed by atoms with Gasteiger partial charge in [0.15, 0.2) is 0 Å². The van der Waals surface area contributed by atoms with Gasteiger partial charge < -0.3 is 0 Å². The Hall–Kier alpha value is -3.48. The van der Waals surface area contributed by atoms with Crippen LogP contribution in [0.1, 0.15) is 22.3 Å². The number of benzene rings is 3. The van der Waals surface area contributed by atoms with Gasteiger partial charge in [-0.1, -0.05) is 90.2 Å². The molecule has 0 radical (unpaired) electrons. The highest BCUT2D eigenvalue weighted by Crippen LogP contribution is 2.36. The highest BCUT2D eigenvalue weighted by Gasteiger charge is 2.32. The van der Waals surface area contributed by atoms with E-state index in [4.69, 9.17) is 17.3 Å². The number of thioether (sulfide) groups is 1. The molecule has 0 aliphatic carbocycles. The van der Waals surface area contributed by atoms with Gasteiger partial charge in [-0.25, -0.2) is 4.68 Å². The summed E-state index contributed by atoms with van der Waals surface area (Å²) in [6.45, 7) is 4.63. The predicted molar refractivity (Wildman–Crippen MR) is 144 cm³/mol. The largest absolute Gasteiger partial charge is 0.288 e. The monoisotopic (exact) mass is 481 g/mol. The highest BCUT2D eigenvalue weighted by atomic mass is 32.2. The van der Waals surface area contributed by atoms with Gasteiger partial charge in [0.05, 0.1) is 17.1 Å². The second-order valence-corrected chi connectivity index (χ2v) is 9.96. The maximum absolute atomic E-state index is 13.3. The number of para-hydroxylation sites is 1. The van der Waals surface area contributed by atoms with Gasteiger partial charge in [-0.3, -0.25) is 9.69 Å². The van der Waals surface area contributed by atoms with Gasteiger partial charge in [-0.2, -0.15) is 5.10 Å². The van der Waals surface area contributed by atoms with E-state index in [1.165, 1.54) is 11.8 Å². The minimum Gasteiger partial charge on any atom is -0.288 e. The first-order valence-electron chi connectivity index (χ1n) is 11.0. The highest BCUT2D eigenvalue weighted by molar-refractivity contribution is 8.26. The fraction of sp³-hybridized carbons (Fsp3) is 0.107. The Morgan fingerprint density at radius 1 is 0.971 bits per heavy atom. The van der Waals surface area contributed by atoms with Crippen LogP contribution in [-0.2, 0) is 11.3 Å². The minimum absolute atomic E-state index is 0.0711. The molecule has 5 rings (SSSR count). The lowest BCUT2D eigenvalue weighted by molar-refractivity contribution is -0.122. The van der Waals surface area contributed by atoms with Crippen LogP contribution < -0.4 is 0 Å². The Labute approximate surface area is 208 Å². The molecular weight excluding hydrogens is 458 g/mol. The number of hydrogen-bond donors (Lipinski definition) is 0. The van der Waals surface area contributed by atoms with Gasteiger partial charge in [0.25, 0.3) is 5.91 Å². The third-order valence-electron chi connectivity index (χ3n) is 5.76. The number of aryl methyl sites for hydroxylation is 2. The Kier molecular flexibility index (Phi) is 6.18. The number of aromatic nitrogens is 2. The van der Waals surface area contributed by atoms with Crippen LogP contribution in [0.15, 0.2) is 90.0 Å². The number of thiocarbonyl (C=S) groups is 1. The molecule has 2 heterocycles. The molecule has 0 N–H and O–H groups in total. The van der Waals surface area contributed by atoms with E-state index in [-0.39, 0.29) is 5.91 Å². The summed E-state index contributed by atoms with van der Waals surface area (Å²) in [4.78, 5) is 15.6. The van der Waals surface area contributed by atoms with Crippen molar-refractivity contribution >= 4 is 40.3 Å². The summed E-state index contributed by atoms with van der Waals surface area (Å²) >= 11 is 6.91. The molecule has 1 aliphatic heterocycles. The quantitative estimate of drug-likeness (QED) is 0.239. The lowest BCUT2D eigenvalue weighted by Crippen LogP contribution is -2.27. The number of rotatable bonds is 5. The maximum atomic E-state index is 13.3. The molecule has 4 nitrogen and oxygen atoms in total. The molecule has 6 heteroatoms. The smallest absolute Gasteiger partial charge is 0.266 e. The van der Waals surface area contributed by atoms with Crippen LogP contribution >= 0.6 is 24.0 Å². The van der Waals surface area contributed by atoms with Gasteiger partial charge >= 0.3 is 0 Å². The van der Waals surface area contributed by atoms with Crippen molar-refractivity contribution in [3.05, 3.63) is 112 Å². The van der Waals surface area contributed by atoms with E-state index >= 15 is 0 Å². The van der Waals surface area contributed by atoms with E-state index in [0.29, 0.717) is 15.8 Å². The molecule has 3 aromatic carbocycles. The van der Waals surface area contributed by atoms with E-state index in [1.807, 2.05) is 77.6 Å². The topological polar surface area (TPSA) is 38.1 Å². The van der Waals surface area contributed by atoms with Crippen LogP contribution in [0.25, 0.3) is 23.0 Å². The molecule has 4 aromatic rings. The molecule has 1 amide bonds. The van der Waals surface area contributed by atoms with Crippen LogP contribution in [-0.4, -0.2) is 24.9 Å². The molecule has 1 fully saturated rings. The maximum Gasteiger partial charge on any atom is 0.266 e. The first-order valence-corrected chi connectivity index (χ1v) is 12.2. The second kappa shape index (κ2) is 9.41. The summed E-state index contributed by atoms with van der Waals surface area (Å²) in [7, 11) is 0. The molecule has 168 valence electrons. The Bertz CT molecular complexity index is 1410. The van der Waals surface area contributed by atoms with Crippen LogP contribution in [0.2, 0.25) is 0 Å². The summed E-state index contributed by atoms with van der Waals surface area (Å²) in [5.41, 5.74) is 7.10. The molecule has 1 aliphatic rings. The van der Waals surface area contributed by atoms with Gasteiger partial charge in [-0.15, -0.1) is 0 Å². The zero-order valence-electron chi connectivity index (χ0n) is 18.9. The Balaban J connectivity index is 1.56. The van der Waals surface area contributed by atoms with E-state index in [0.717, 1.165) is 39.2 Å². The van der Waals surface area contributed by atoms with E-state index in [9.17, 15) is 4.79 Å². The van der Waals surface area contributed by atoms with E-state index in [1.54, 1.807) is 4.90 Å². The molecule has 0 spiro atoms. The molecule has 0 saturated carbocycles. The molecule has 1 aromatic heterocycles. The summed E-state index contributed by atoms with van der Waals surface area (Å²) in [5.74, 6) is -0.0711. The van der Waals surface area contributed by atoms with Gasteiger partial charge in [-0.05, 0) is 49.2 Å². The van der Waals surface area contributed by atoms with Gasteiger partial charge in [0.2, 0.25) is 0 Å². The Morgan fingerprint density at radius 3 is 2.41 bits per heavy atom. The number of nitrogens with zero attached hydrogens (tertiary/aromatic N) is 3. The van der Waals surface area contributed by atoms with Crippen LogP contribution in [0.4, 0.5) is 0 Å². The zero-order valence-corrected chi connectivity index (χ0v) is 20.6. The summed E-state index contributed by atoms with van der Waals surface area (Å²) in [5, 5.41) is 4.93. The van der Waals surface area contributed by atoms with Crippen LogP contribution in [0, 0.1) is 13.8 Å². The van der Waals surface area contributed by atoms with Crippen LogP contribution in [0.5, 0.6) is 0 Å². The third-order valence-corrected chi connectivity index (χ3v) is 7.13. The summed E-state index contributed by atoms with van der Waals surface area (Å²) in [6, 6.07) is 26.3. The van der Waals surface area contributed by atoms with Crippen molar-refractivity contribution in [2.24, 2.45) is 0 Å². The summed E-state index contributed by atoms with van der Waals surface area (Å²) in [6.07, 6.45) is 3.91. The minimum atomic E-state index is -0.0711. The molecule has 0 atom stereocenters. The van der Waals surface area contributed by atoms with Crippen LogP contribution in [0.3, 0.4) is 0 Å². The zero-order chi connectivity index (χ0) is 23.7. The van der Waals surface area contributed by atoms with Crippen molar-refractivity contribution < 1.29 is 4.79 Å². The molecule has 34 heavy (non-hydrogen) atoms. The van der Waals surface area contributed by atoms with Crippen molar-refractivity contribution in [3.63, 3.8) is 0 Å². The van der Waals surface area contributed by atoms with Crippen molar-refractivity contribution in [3.8, 4) is 16.9 Å². The Morgan fingerprint density at radius 2 is 1.68 bits per heavy atom. The van der Waals surface area contributed by atoms with Crippen molar-refractivity contribution in [1.29, 1.82) is 0 Å². The van der Waals surface area contributed by atoms with Crippen molar-refractivity contribution in [1.82, 2.24) is 14.7 Å². The molecule has 0 unspecified atom stereocenters. The molecule has 0 bridgehead atoms. The fourth-order valence-electron chi connectivity index (χ4n) is 3.95. The standard InChI is InChI=1S/C28H23N3OS2/c1-19-13-14-20(2)24(15-19)26-22(18-31(29-26)23-11-7-4-8-12-23)16-25-27(32)30(28(33)34-25)17-21-9-5-3-6-10-21/h3-16,18H,17H2,1-2H3/b25-16-. The fourth-order valence-corrected chi connectivity index (χ4v) is 5.20. The number of carbonyl (C=O) groups is 1. The molecular formula is C28H23N3OS2. The first kappa shape index (κ1) is 22.3. The van der Waals surface area contributed by atoms with E-state index < -0.39 is 0 Å². The summed E-state index contributed by atoms with van der Waals surface area (Å²) < 4.78 is 2.44. The number of amides is 1. The number of hydrogen-bond acceptors (Lipinski definition) is 4. The van der Waals surface area contributed by atoms with Crippen molar-refractivity contribution in [2.45, 2.75) is 20.4 Å². The lowest BCUT2D eigenvalue weighted by atomic mass is 10.0. The average Bonchev–Trinajstić information content (AvgIpc) is 3.38. The normalized spacial score (nSPS) is 14.9. The van der Waals surface area contributed by atoms with Gasteiger partial charge in [0.1, 0.15) is 10.0 Å². The SMILES string of the molecule is Cc1ccc(C)c(-c2nn(-c3ccccc3)cc2/C=C2\SC(=S)N(Cc3ccccc3)C2=O)c1. The van der Waals surface area contributed by atoms with E-state index in [2.05, 4.69) is 32.0 Å². The number of carbonyl (C=O) groups excluding carboxylic acids is 1. The average molecular weight is 482 g/mol. The molecule has 1 saturated heterocycles. The third kappa shape index (κ3) is 4.47. The van der Waals surface area contributed by atoms with Gasteiger partial charge in [0, 0.05) is 17.3 Å². The predicted octanol–water partition coefficient (Wildman–Crippen LogP) is 6.56. The second-order valence-electron chi connectivity index (χ2n) is 8.28. The lowest BCUT2D eigenvalue weighted by Gasteiger charge is -2.14. The van der Waals surface area contributed by atoms with Crippen molar-refractivity contribution in [2.75, 3.05) is 0 Å².